The molecule has 0 bridgehead atoms. The molecule has 1 heterocycles. The number of carbonyl (C=O) groups excluding carboxylic acids is 1. The highest BCUT2D eigenvalue weighted by molar-refractivity contribution is 7.13. The van der Waals surface area contributed by atoms with Crippen molar-refractivity contribution in [1.29, 1.82) is 0 Å². The summed E-state index contributed by atoms with van der Waals surface area (Å²) in [5, 5.41) is 5.81. The molecule has 0 unspecified atom stereocenters. The fraction of sp³-hybridized carbons (Fsp3) is 0.238. The molecule has 3 rings (SSSR count). The summed E-state index contributed by atoms with van der Waals surface area (Å²) in [5.41, 5.74) is 2.02. The maximum absolute atomic E-state index is 13.7. The molecular weight excluding hydrogens is 363 g/mol. The van der Waals surface area contributed by atoms with Gasteiger partial charge in [0, 0.05) is 23.9 Å². The minimum Gasteiger partial charge on any atom is -0.478 e. The average Bonchev–Trinajstić information content (AvgIpc) is 3.17. The number of aromatic nitrogens is 1. The fourth-order valence-electron chi connectivity index (χ4n) is 2.58. The second kappa shape index (κ2) is 9.28. The first-order chi connectivity index (χ1) is 13.2. The molecule has 6 heteroatoms. The van der Waals surface area contributed by atoms with Gasteiger partial charge in [-0.25, -0.2) is 9.37 Å². The van der Waals surface area contributed by atoms with Gasteiger partial charge in [0.25, 0.3) is 5.91 Å². The normalized spacial score (nSPS) is 11.8. The number of hydrogen-bond donors (Lipinski definition) is 1. The van der Waals surface area contributed by atoms with Gasteiger partial charge >= 0.3 is 0 Å². The Kier molecular flexibility index (Phi) is 6.54. The number of halogens is 1. The summed E-state index contributed by atoms with van der Waals surface area (Å²) in [7, 11) is 0. The van der Waals surface area contributed by atoms with Crippen LogP contribution in [-0.4, -0.2) is 23.5 Å². The monoisotopic (exact) mass is 384 g/mol. The Bertz CT molecular complexity index is 883. The van der Waals surface area contributed by atoms with Crippen LogP contribution in [0.1, 0.15) is 19.0 Å². The first kappa shape index (κ1) is 19.0. The van der Waals surface area contributed by atoms with Crippen LogP contribution in [0.3, 0.4) is 0 Å². The Balaban J connectivity index is 1.51. The van der Waals surface area contributed by atoms with E-state index in [1.807, 2.05) is 42.6 Å². The Labute approximate surface area is 162 Å². The lowest BCUT2D eigenvalue weighted by molar-refractivity contribution is -0.128. The van der Waals surface area contributed by atoms with E-state index >= 15 is 0 Å². The third-order valence-corrected chi connectivity index (χ3v) is 4.96. The van der Waals surface area contributed by atoms with Crippen LogP contribution in [-0.2, 0) is 11.2 Å². The van der Waals surface area contributed by atoms with Gasteiger partial charge in [0.2, 0.25) is 0 Å². The topological polar surface area (TPSA) is 51.2 Å². The summed E-state index contributed by atoms with van der Waals surface area (Å²) in [6.07, 6.45) is 0.359. The third-order valence-electron chi connectivity index (χ3n) is 4.02. The van der Waals surface area contributed by atoms with Crippen LogP contribution in [0.4, 0.5) is 4.39 Å². The summed E-state index contributed by atoms with van der Waals surface area (Å²) in [6.45, 7) is 2.28. The number of nitrogens with zero attached hydrogens (tertiary/aromatic N) is 1. The Morgan fingerprint density at radius 2 is 1.93 bits per heavy atom. The SMILES string of the molecule is CC[C@@H](Oc1ccccc1F)C(=O)NCCc1csc(-c2ccccc2)n1. The summed E-state index contributed by atoms with van der Waals surface area (Å²) in [6, 6.07) is 16.1. The van der Waals surface area contributed by atoms with Crippen molar-refractivity contribution in [3.05, 3.63) is 71.5 Å². The molecule has 0 fully saturated rings. The molecule has 0 radical (unpaired) electrons. The Morgan fingerprint density at radius 1 is 1.19 bits per heavy atom. The summed E-state index contributed by atoms with van der Waals surface area (Å²) in [5.74, 6) is -0.634. The van der Waals surface area contributed by atoms with Crippen molar-refractivity contribution in [3.63, 3.8) is 0 Å². The van der Waals surface area contributed by atoms with E-state index in [1.54, 1.807) is 23.5 Å². The molecule has 4 nitrogen and oxygen atoms in total. The predicted molar refractivity (Wildman–Crippen MR) is 105 cm³/mol. The number of thiazole rings is 1. The molecule has 27 heavy (non-hydrogen) atoms. The highest BCUT2D eigenvalue weighted by atomic mass is 32.1. The molecule has 1 amide bonds. The van der Waals surface area contributed by atoms with Gasteiger partial charge in [-0.15, -0.1) is 11.3 Å². The van der Waals surface area contributed by atoms with Crippen LogP contribution in [0.2, 0.25) is 0 Å². The lowest BCUT2D eigenvalue weighted by Crippen LogP contribution is -2.39. The van der Waals surface area contributed by atoms with Crippen molar-refractivity contribution in [2.75, 3.05) is 6.54 Å². The lowest BCUT2D eigenvalue weighted by atomic mass is 10.2. The van der Waals surface area contributed by atoms with E-state index in [4.69, 9.17) is 4.74 Å². The molecule has 1 N–H and O–H groups in total. The minimum atomic E-state index is -0.725. The van der Waals surface area contributed by atoms with E-state index in [0.717, 1.165) is 16.3 Å². The summed E-state index contributed by atoms with van der Waals surface area (Å²) < 4.78 is 19.2. The van der Waals surface area contributed by atoms with Gasteiger partial charge in [0.05, 0.1) is 5.69 Å². The lowest BCUT2D eigenvalue weighted by Gasteiger charge is -2.17. The van der Waals surface area contributed by atoms with Crippen LogP contribution in [0.5, 0.6) is 5.75 Å². The van der Waals surface area contributed by atoms with Crippen molar-refractivity contribution in [3.8, 4) is 16.3 Å². The fourth-order valence-corrected chi connectivity index (χ4v) is 3.44. The van der Waals surface area contributed by atoms with Gasteiger partial charge in [0.15, 0.2) is 17.7 Å². The molecule has 0 aliphatic carbocycles. The third kappa shape index (κ3) is 5.14. The number of amides is 1. The van der Waals surface area contributed by atoms with Crippen LogP contribution < -0.4 is 10.1 Å². The largest absolute Gasteiger partial charge is 0.478 e. The molecule has 0 saturated heterocycles. The predicted octanol–water partition coefficient (Wildman–Crippen LogP) is 4.47. The van der Waals surface area contributed by atoms with Gasteiger partial charge < -0.3 is 10.1 Å². The van der Waals surface area contributed by atoms with E-state index < -0.39 is 11.9 Å². The first-order valence-corrected chi connectivity index (χ1v) is 9.74. The van der Waals surface area contributed by atoms with Gasteiger partial charge in [-0.05, 0) is 18.6 Å². The number of para-hydroxylation sites is 1. The van der Waals surface area contributed by atoms with Crippen LogP contribution >= 0.6 is 11.3 Å². The highest BCUT2D eigenvalue weighted by Gasteiger charge is 2.19. The highest BCUT2D eigenvalue weighted by Crippen LogP contribution is 2.23. The zero-order chi connectivity index (χ0) is 19.1. The second-order valence-corrected chi connectivity index (χ2v) is 6.85. The zero-order valence-corrected chi connectivity index (χ0v) is 15.8. The zero-order valence-electron chi connectivity index (χ0n) is 15.0. The molecule has 2 aromatic carbocycles. The smallest absolute Gasteiger partial charge is 0.261 e. The number of nitrogens with one attached hydrogen (secondary N) is 1. The molecule has 0 saturated carbocycles. The standard InChI is InChI=1S/C21H21FN2O2S/c1-2-18(26-19-11-7-6-10-17(19)22)20(25)23-13-12-16-14-27-21(24-16)15-8-4-3-5-9-15/h3-11,14,18H,2,12-13H2,1H3,(H,23,25)/t18-/m1/s1. The van der Waals surface area contributed by atoms with E-state index in [2.05, 4.69) is 10.3 Å². The quantitative estimate of drug-likeness (QED) is 0.624. The molecule has 0 spiro atoms. The van der Waals surface area contributed by atoms with Crippen molar-refractivity contribution in [2.45, 2.75) is 25.9 Å². The molecule has 0 aliphatic rings. The molecule has 140 valence electrons. The molecular formula is C21H21FN2O2S. The number of carbonyl (C=O) groups is 1. The van der Waals surface area contributed by atoms with Gasteiger partial charge in [-0.3, -0.25) is 4.79 Å². The van der Waals surface area contributed by atoms with Crippen LogP contribution in [0.15, 0.2) is 60.0 Å². The second-order valence-electron chi connectivity index (χ2n) is 6.00. The van der Waals surface area contributed by atoms with Gasteiger partial charge in [-0.2, -0.15) is 0 Å². The van der Waals surface area contributed by atoms with Gasteiger partial charge in [-0.1, -0.05) is 49.4 Å². The van der Waals surface area contributed by atoms with E-state index in [1.165, 1.54) is 12.1 Å². The molecule has 3 aromatic rings. The number of ether oxygens (including phenoxy) is 1. The Morgan fingerprint density at radius 3 is 2.67 bits per heavy atom. The molecule has 1 aromatic heterocycles. The van der Waals surface area contributed by atoms with Crippen molar-refractivity contribution < 1.29 is 13.9 Å². The average molecular weight is 384 g/mol. The Hall–Kier alpha value is -2.73. The maximum atomic E-state index is 13.7. The van der Waals surface area contributed by atoms with Crippen molar-refractivity contribution >= 4 is 17.2 Å². The number of rotatable bonds is 8. The van der Waals surface area contributed by atoms with Crippen molar-refractivity contribution in [1.82, 2.24) is 10.3 Å². The van der Waals surface area contributed by atoms with Crippen LogP contribution in [0, 0.1) is 5.82 Å². The summed E-state index contributed by atoms with van der Waals surface area (Å²) in [4.78, 5) is 16.9. The van der Waals surface area contributed by atoms with Crippen LogP contribution in [0.25, 0.3) is 10.6 Å². The molecule has 0 aliphatic heterocycles. The number of hydrogen-bond acceptors (Lipinski definition) is 4. The summed E-state index contributed by atoms with van der Waals surface area (Å²) >= 11 is 1.59. The van der Waals surface area contributed by atoms with Crippen molar-refractivity contribution in [2.24, 2.45) is 0 Å². The number of benzene rings is 2. The first-order valence-electron chi connectivity index (χ1n) is 8.86. The van der Waals surface area contributed by atoms with E-state index in [-0.39, 0.29) is 11.7 Å². The molecule has 1 atom stereocenters. The van der Waals surface area contributed by atoms with E-state index in [0.29, 0.717) is 19.4 Å². The van der Waals surface area contributed by atoms with E-state index in [9.17, 15) is 9.18 Å². The van der Waals surface area contributed by atoms with Gasteiger partial charge in [0.1, 0.15) is 5.01 Å². The minimum absolute atomic E-state index is 0.0894. The maximum Gasteiger partial charge on any atom is 0.261 e.